The molecule has 1 amide bonds. The van der Waals surface area contributed by atoms with Gasteiger partial charge in [-0.15, -0.1) is 0 Å². The Morgan fingerprint density at radius 2 is 1.63 bits per heavy atom. The lowest BCUT2D eigenvalue weighted by molar-refractivity contribution is -0.138. The molecule has 2 aromatic rings. The molecule has 1 saturated heterocycles. The summed E-state index contributed by atoms with van der Waals surface area (Å²) in [6, 6.07) is 4.14. The van der Waals surface area contributed by atoms with Crippen LogP contribution in [-0.2, 0) is 22.2 Å². The fourth-order valence-corrected chi connectivity index (χ4v) is 5.80. The minimum absolute atomic E-state index is 0. The van der Waals surface area contributed by atoms with Crippen molar-refractivity contribution >= 4 is 27.3 Å². The number of aromatic nitrogens is 1. The van der Waals surface area contributed by atoms with Crippen LogP contribution in [0.3, 0.4) is 0 Å². The van der Waals surface area contributed by atoms with Crippen LogP contribution in [0.15, 0.2) is 41.4 Å². The molecule has 1 aromatic carbocycles. The predicted octanol–water partition coefficient (Wildman–Crippen LogP) is 6.12. The molecule has 0 aliphatic carbocycles. The van der Waals surface area contributed by atoms with Gasteiger partial charge < -0.3 is 4.90 Å². The Bertz CT molecular complexity index is 1180. The molecule has 3 rings (SSSR count). The zero-order valence-electron chi connectivity index (χ0n) is 17.6. The molecule has 0 bridgehead atoms. The number of benzene rings is 1. The SMILES string of the molecule is C.C[C@@H](C1CCN(C(=O)c2ncc(C(F)(F)F)cc2Cl)CC1)S(=O)(=O)c1cccc(C(F)(F)F)c1. The van der Waals surface area contributed by atoms with E-state index in [4.69, 9.17) is 11.6 Å². The highest BCUT2D eigenvalue weighted by atomic mass is 35.5. The van der Waals surface area contributed by atoms with Gasteiger partial charge in [0.15, 0.2) is 9.84 Å². The van der Waals surface area contributed by atoms with E-state index in [0.717, 1.165) is 18.2 Å². The first-order valence-corrected chi connectivity index (χ1v) is 12.0. The number of amides is 1. The number of hydrogen-bond acceptors (Lipinski definition) is 4. The lowest BCUT2D eigenvalue weighted by atomic mass is 9.94. The molecule has 0 radical (unpaired) electrons. The van der Waals surface area contributed by atoms with Crippen molar-refractivity contribution in [2.24, 2.45) is 5.92 Å². The van der Waals surface area contributed by atoms with Gasteiger partial charge in [0.2, 0.25) is 0 Å². The molecular formula is C22H23ClF6N2O3S. The van der Waals surface area contributed by atoms with Crippen molar-refractivity contribution in [3.63, 3.8) is 0 Å². The fraction of sp³-hybridized carbons (Fsp3) is 0.455. The Morgan fingerprint density at radius 1 is 1.06 bits per heavy atom. The number of rotatable bonds is 4. The lowest BCUT2D eigenvalue weighted by Crippen LogP contribution is -2.42. The van der Waals surface area contributed by atoms with Crippen molar-refractivity contribution in [2.45, 2.75) is 49.7 Å². The van der Waals surface area contributed by atoms with Crippen LogP contribution in [0.1, 0.15) is 48.8 Å². The van der Waals surface area contributed by atoms with Gasteiger partial charge in [0, 0.05) is 19.3 Å². The molecule has 0 N–H and O–H groups in total. The van der Waals surface area contributed by atoms with E-state index < -0.39 is 60.3 Å². The smallest absolute Gasteiger partial charge is 0.337 e. The van der Waals surface area contributed by atoms with Gasteiger partial charge in [0.05, 0.1) is 26.3 Å². The number of carbonyl (C=O) groups is 1. The summed E-state index contributed by atoms with van der Waals surface area (Å²) in [4.78, 5) is 17.1. The third kappa shape index (κ3) is 6.27. The number of alkyl halides is 6. The van der Waals surface area contributed by atoms with E-state index in [-0.39, 0.29) is 39.1 Å². The highest BCUT2D eigenvalue weighted by Gasteiger charge is 2.37. The highest BCUT2D eigenvalue weighted by Crippen LogP contribution is 2.35. The molecule has 0 saturated carbocycles. The Labute approximate surface area is 204 Å². The van der Waals surface area contributed by atoms with Crippen LogP contribution in [0.25, 0.3) is 0 Å². The van der Waals surface area contributed by atoms with Gasteiger partial charge in [-0.05, 0) is 49.9 Å². The zero-order chi connectivity index (χ0) is 25.5. The standard InChI is InChI=1S/C21H19ClF6N2O3S.CH4/c1-12(34(32,33)16-4-2-3-14(9-16)20(23,24)25)13-5-7-30(8-6-13)19(31)18-17(22)10-15(11-29-18)21(26,27)28;/h2-4,9-13H,5-8H2,1H3;1H4/t12-;/m0./s1. The molecule has 194 valence electrons. The summed E-state index contributed by atoms with van der Waals surface area (Å²) in [6.07, 6.45) is -8.39. The lowest BCUT2D eigenvalue weighted by Gasteiger charge is -2.34. The first-order valence-electron chi connectivity index (χ1n) is 10.1. The van der Waals surface area contributed by atoms with Gasteiger partial charge >= 0.3 is 12.4 Å². The van der Waals surface area contributed by atoms with Crippen LogP contribution in [0.4, 0.5) is 26.3 Å². The van der Waals surface area contributed by atoms with Crippen molar-refractivity contribution in [3.05, 3.63) is 58.4 Å². The number of nitrogens with zero attached hydrogens (tertiary/aromatic N) is 2. The van der Waals surface area contributed by atoms with E-state index in [1.54, 1.807) is 0 Å². The van der Waals surface area contributed by atoms with Gasteiger partial charge in [-0.2, -0.15) is 26.3 Å². The Morgan fingerprint density at radius 3 is 2.14 bits per heavy atom. The zero-order valence-corrected chi connectivity index (χ0v) is 19.2. The molecule has 35 heavy (non-hydrogen) atoms. The molecule has 0 spiro atoms. The Hall–Kier alpha value is -2.34. The third-order valence-electron chi connectivity index (χ3n) is 5.84. The van der Waals surface area contributed by atoms with E-state index >= 15 is 0 Å². The molecule has 0 unspecified atom stereocenters. The van der Waals surface area contributed by atoms with Crippen LogP contribution in [0.2, 0.25) is 5.02 Å². The maximum Gasteiger partial charge on any atom is 0.417 e. The highest BCUT2D eigenvalue weighted by molar-refractivity contribution is 7.92. The van der Waals surface area contributed by atoms with Gasteiger partial charge in [-0.3, -0.25) is 4.79 Å². The summed E-state index contributed by atoms with van der Waals surface area (Å²) in [6.45, 7) is 1.59. The molecule has 5 nitrogen and oxygen atoms in total. The summed E-state index contributed by atoms with van der Waals surface area (Å²) in [5.74, 6) is -1.13. The predicted molar refractivity (Wildman–Crippen MR) is 118 cm³/mol. The molecular weight excluding hydrogens is 522 g/mol. The molecule has 1 fully saturated rings. The van der Waals surface area contributed by atoms with E-state index in [9.17, 15) is 39.6 Å². The van der Waals surface area contributed by atoms with E-state index in [0.29, 0.717) is 18.3 Å². The summed E-state index contributed by atoms with van der Waals surface area (Å²) < 4.78 is 103. The largest absolute Gasteiger partial charge is 0.417 e. The number of likely N-dealkylation sites (tertiary alicyclic amines) is 1. The maximum atomic E-state index is 13.0. The second kappa shape index (κ2) is 10.3. The summed E-state index contributed by atoms with van der Waals surface area (Å²) >= 11 is 5.83. The summed E-state index contributed by atoms with van der Waals surface area (Å²) in [5.41, 5.74) is -2.51. The number of sulfone groups is 1. The molecule has 1 aliphatic heterocycles. The van der Waals surface area contributed by atoms with E-state index in [2.05, 4.69) is 4.98 Å². The van der Waals surface area contributed by atoms with E-state index in [1.807, 2.05) is 0 Å². The monoisotopic (exact) mass is 544 g/mol. The second-order valence-corrected chi connectivity index (χ2v) is 10.7. The van der Waals surface area contributed by atoms with Crippen molar-refractivity contribution in [3.8, 4) is 0 Å². The minimum atomic E-state index is -4.69. The second-order valence-electron chi connectivity index (χ2n) is 7.96. The number of piperidine rings is 1. The summed E-state index contributed by atoms with van der Waals surface area (Å²) in [7, 11) is -4.08. The quantitative estimate of drug-likeness (QED) is 0.435. The molecule has 1 aromatic heterocycles. The average molecular weight is 545 g/mol. The van der Waals surface area contributed by atoms with Crippen LogP contribution >= 0.6 is 11.6 Å². The Balaban J connectivity index is 0.00000432. The third-order valence-corrected chi connectivity index (χ3v) is 8.40. The molecule has 1 atom stereocenters. The van der Waals surface area contributed by atoms with Gasteiger partial charge in [0.1, 0.15) is 5.69 Å². The van der Waals surface area contributed by atoms with Gasteiger partial charge in [-0.25, -0.2) is 13.4 Å². The van der Waals surface area contributed by atoms with Crippen molar-refractivity contribution in [1.29, 1.82) is 0 Å². The summed E-state index contributed by atoms with van der Waals surface area (Å²) in [5, 5.41) is -1.47. The van der Waals surface area contributed by atoms with Crippen LogP contribution < -0.4 is 0 Å². The van der Waals surface area contributed by atoms with E-state index in [1.165, 1.54) is 11.8 Å². The molecule has 13 heteroatoms. The van der Waals surface area contributed by atoms with Crippen LogP contribution in [0, 0.1) is 5.92 Å². The molecule has 2 heterocycles. The van der Waals surface area contributed by atoms with Crippen LogP contribution in [-0.4, -0.2) is 42.5 Å². The normalized spacial score (nSPS) is 16.5. The first-order chi connectivity index (χ1) is 15.6. The molecule has 1 aliphatic rings. The van der Waals surface area contributed by atoms with Gasteiger partial charge in [-0.1, -0.05) is 25.1 Å². The number of hydrogen-bond donors (Lipinski definition) is 0. The van der Waals surface area contributed by atoms with Crippen molar-refractivity contribution in [2.75, 3.05) is 13.1 Å². The number of pyridine rings is 1. The topological polar surface area (TPSA) is 67.3 Å². The Kier molecular flexibility index (Phi) is 8.53. The first kappa shape index (κ1) is 28.9. The average Bonchev–Trinajstić information content (AvgIpc) is 2.77. The van der Waals surface area contributed by atoms with Crippen molar-refractivity contribution < 1.29 is 39.6 Å². The van der Waals surface area contributed by atoms with Gasteiger partial charge in [0.25, 0.3) is 5.91 Å². The number of carbonyl (C=O) groups excluding carboxylic acids is 1. The van der Waals surface area contributed by atoms with Crippen molar-refractivity contribution in [1.82, 2.24) is 9.88 Å². The minimum Gasteiger partial charge on any atom is -0.337 e. The maximum absolute atomic E-state index is 13.0. The number of halogens is 7. The van der Waals surface area contributed by atoms with Crippen LogP contribution in [0.5, 0.6) is 0 Å². The fourth-order valence-electron chi connectivity index (χ4n) is 3.79.